The Balaban J connectivity index is 2.45. The van der Waals surface area contributed by atoms with Crippen molar-refractivity contribution in [3.63, 3.8) is 0 Å². The summed E-state index contributed by atoms with van der Waals surface area (Å²) < 4.78 is 15.3. The number of imidazole rings is 1. The molecule has 1 aromatic heterocycles. The van der Waals surface area contributed by atoms with Crippen molar-refractivity contribution in [2.75, 3.05) is 11.9 Å². The fourth-order valence-corrected chi connectivity index (χ4v) is 1.88. The Morgan fingerprint density at radius 1 is 1.33 bits per heavy atom. The highest BCUT2D eigenvalue weighted by molar-refractivity contribution is 5.47. The molecule has 0 aliphatic heterocycles. The topological polar surface area (TPSA) is 29.9 Å². The van der Waals surface area contributed by atoms with Crippen LogP contribution in [0.3, 0.4) is 0 Å². The van der Waals surface area contributed by atoms with Gasteiger partial charge in [-0.1, -0.05) is 13.0 Å². The monoisotopic (exact) mass is 247 g/mol. The van der Waals surface area contributed by atoms with Crippen molar-refractivity contribution >= 4 is 5.95 Å². The van der Waals surface area contributed by atoms with Crippen molar-refractivity contribution in [1.29, 1.82) is 0 Å². The summed E-state index contributed by atoms with van der Waals surface area (Å²) in [5.41, 5.74) is 2.76. The van der Waals surface area contributed by atoms with Gasteiger partial charge >= 0.3 is 0 Å². The lowest BCUT2D eigenvalue weighted by atomic mass is 10.2. The molecule has 0 fully saturated rings. The molecule has 18 heavy (non-hydrogen) atoms. The number of halogens is 1. The Labute approximate surface area is 107 Å². The average molecular weight is 247 g/mol. The van der Waals surface area contributed by atoms with E-state index in [4.69, 9.17) is 0 Å². The van der Waals surface area contributed by atoms with E-state index < -0.39 is 0 Å². The van der Waals surface area contributed by atoms with Crippen LogP contribution in [0.4, 0.5) is 10.3 Å². The van der Waals surface area contributed by atoms with Gasteiger partial charge in [0.15, 0.2) is 0 Å². The highest BCUT2D eigenvalue weighted by Crippen LogP contribution is 2.21. The first-order valence-corrected chi connectivity index (χ1v) is 6.18. The molecule has 96 valence electrons. The van der Waals surface area contributed by atoms with Crippen molar-refractivity contribution in [3.8, 4) is 5.69 Å². The third kappa shape index (κ3) is 2.53. The molecule has 0 bridgehead atoms. The fourth-order valence-electron chi connectivity index (χ4n) is 1.88. The normalized spacial score (nSPS) is 10.7. The van der Waals surface area contributed by atoms with Gasteiger partial charge in [0, 0.05) is 12.7 Å². The SMILES string of the molecule is CCCNc1nc(C)cn1-c1cc(F)ccc1C. The zero-order valence-corrected chi connectivity index (χ0v) is 11.0. The molecule has 3 nitrogen and oxygen atoms in total. The second-order valence-electron chi connectivity index (χ2n) is 4.43. The summed E-state index contributed by atoms with van der Waals surface area (Å²) in [5, 5.41) is 3.26. The summed E-state index contributed by atoms with van der Waals surface area (Å²) in [6.07, 6.45) is 2.94. The second kappa shape index (κ2) is 5.21. The molecule has 0 aliphatic carbocycles. The number of rotatable bonds is 4. The van der Waals surface area contributed by atoms with Crippen LogP contribution in [0.5, 0.6) is 0 Å². The van der Waals surface area contributed by atoms with E-state index in [0.717, 1.165) is 35.9 Å². The maximum atomic E-state index is 13.4. The third-order valence-corrected chi connectivity index (χ3v) is 2.79. The van der Waals surface area contributed by atoms with Crippen molar-refractivity contribution in [1.82, 2.24) is 9.55 Å². The number of benzene rings is 1. The lowest BCUT2D eigenvalue weighted by molar-refractivity contribution is 0.626. The minimum Gasteiger partial charge on any atom is -0.355 e. The first kappa shape index (κ1) is 12.6. The molecule has 0 saturated heterocycles. The van der Waals surface area contributed by atoms with Gasteiger partial charge in [-0.3, -0.25) is 4.57 Å². The minimum absolute atomic E-state index is 0.233. The van der Waals surface area contributed by atoms with Gasteiger partial charge < -0.3 is 5.32 Å². The van der Waals surface area contributed by atoms with Gasteiger partial charge in [0.1, 0.15) is 5.82 Å². The molecule has 1 heterocycles. The van der Waals surface area contributed by atoms with Crippen LogP contribution in [0.25, 0.3) is 5.69 Å². The van der Waals surface area contributed by atoms with Crippen molar-refractivity contribution in [3.05, 3.63) is 41.5 Å². The maximum Gasteiger partial charge on any atom is 0.207 e. The maximum absolute atomic E-state index is 13.4. The molecular weight excluding hydrogens is 229 g/mol. The van der Waals surface area contributed by atoms with Crippen LogP contribution in [-0.4, -0.2) is 16.1 Å². The molecule has 0 radical (unpaired) electrons. The number of nitrogens with one attached hydrogen (secondary N) is 1. The highest BCUT2D eigenvalue weighted by Gasteiger charge is 2.09. The summed E-state index contributed by atoms with van der Waals surface area (Å²) in [4.78, 5) is 4.42. The minimum atomic E-state index is -0.233. The van der Waals surface area contributed by atoms with Gasteiger partial charge in [-0.05, 0) is 38.0 Å². The lowest BCUT2D eigenvalue weighted by Gasteiger charge is -2.11. The summed E-state index contributed by atoms with van der Waals surface area (Å²) in [5.74, 6) is 0.534. The van der Waals surface area contributed by atoms with E-state index in [9.17, 15) is 4.39 Å². The molecule has 0 unspecified atom stereocenters. The van der Waals surface area contributed by atoms with Crippen molar-refractivity contribution in [2.45, 2.75) is 27.2 Å². The number of nitrogens with zero attached hydrogens (tertiary/aromatic N) is 2. The summed E-state index contributed by atoms with van der Waals surface area (Å²) >= 11 is 0. The molecule has 0 amide bonds. The number of aromatic nitrogens is 2. The van der Waals surface area contributed by atoms with Crippen LogP contribution in [0.2, 0.25) is 0 Å². The highest BCUT2D eigenvalue weighted by atomic mass is 19.1. The molecule has 4 heteroatoms. The van der Waals surface area contributed by atoms with Gasteiger partial charge in [0.2, 0.25) is 5.95 Å². The van der Waals surface area contributed by atoms with Crippen LogP contribution in [0, 0.1) is 19.7 Å². The molecule has 0 atom stereocenters. The third-order valence-electron chi connectivity index (χ3n) is 2.79. The van der Waals surface area contributed by atoms with E-state index in [-0.39, 0.29) is 5.82 Å². The van der Waals surface area contributed by atoms with Crippen LogP contribution >= 0.6 is 0 Å². The molecule has 2 rings (SSSR count). The van der Waals surface area contributed by atoms with Crippen LogP contribution < -0.4 is 5.32 Å². The van der Waals surface area contributed by atoms with Crippen molar-refractivity contribution in [2.24, 2.45) is 0 Å². The Morgan fingerprint density at radius 3 is 2.83 bits per heavy atom. The quantitative estimate of drug-likeness (QED) is 0.896. The molecule has 0 spiro atoms. The van der Waals surface area contributed by atoms with E-state index in [1.807, 2.05) is 24.6 Å². The van der Waals surface area contributed by atoms with Gasteiger partial charge in [0.05, 0.1) is 11.4 Å². The van der Waals surface area contributed by atoms with E-state index in [1.54, 1.807) is 6.07 Å². The van der Waals surface area contributed by atoms with E-state index in [1.165, 1.54) is 12.1 Å². The van der Waals surface area contributed by atoms with Gasteiger partial charge in [-0.2, -0.15) is 0 Å². The van der Waals surface area contributed by atoms with Crippen LogP contribution in [0.1, 0.15) is 24.6 Å². The van der Waals surface area contributed by atoms with Crippen molar-refractivity contribution < 1.29 is 4.39 Å². The summed E-state index contributed by atoms with van der Waals surface area (Å²) in [7, 11) is 0. The van der Waals surface area contributed by atoms with Gasteiger partial charge in [-0.25, -0.2) is 9.37 Å². The number of aryl methyl sites for hydroxylation is 2. The van der Waals surface area contributed by atoms with Gasteiger partial charge in [-0.15, -0.1) is 0 Å². The fraction of sp³-hybridized carbons (Fsp3) is 0.357. The molecule has 0 aliphatic rings. The number of hydrogen-bond donors (Lipinski definition) is 1. The van der Waals surface area contributed by atoms with Crippen LogP contribution in [-0.2, 0) is 0 Å². The Bertz CT molecular complexity index is 546. The Hall–Kier alpha value is -1.84. The van der Waals surface area contributed by atoms with Crippen LogP contribution in [0.15, 0.2) is 24.4 Å². The average Bonchev–Trinajstić information content (AvgIpc) is 2.71. The molecule has 1 N–H and O–H groups in total. The Kier molecular flexibility index (Phi) is 3.65. The zero-order valence-electron chi connectivity index (χ0n) is 11.0. The number of anilines is 1. The van der Waals surface area contributed by atoms with E-state index >= 15 is 0 Å². The first-order valence-electron chi connectivity index (χ1n) is 6.18. The predicted octanol–water partition coefficient (Wildman–Crippen LogP) is 3.45. The standard InChI is InChI=1S/C14H18FN3/c1-4-7-16-14-17-11(3)9-18(14)13-8-12(15)6-5-10(13)2/h5-6,8-9H,4,7H2,1-3H3,(H,16,17). The number of hydrogen-bond acceptors (Lipinski definition) is 2. The molecular formula is C14H18FN3. The summed E-state index contributed by atoms with van der Waals surface area (Å²) in [6, 6.07) is 4.79. The van der Waals surface area contributed by atoms with E-state index in [0.29, 0.717) is 0 Å². The largest absolute Gasteiger partial charge is 0.355 e. The van der Waals surface area contributed by atoms with Gasteiger partial charge in [0.25, 0.3) is 0 Å². The summed E-state index contributed by atoms with van der Waals surface area (Å²) in [6.45, 7) is 6.85. The molecule has 1 aromatic carbocycles. The smallest absolute Gasteiger partial charge is 0.207 e. The second-order valence-corrected chi connectivity index (χ2v) is 4.43. The molecule has 2 aromatic rings. The Morgan fingerprint density at radius 2 is 2.11 bits per heavy atom. The van der Waals surface area contributed by atoms with E-state index in [2.05, 4.69) is 17.2 Å². The lowest BCUT2D eigenvalue weighted by Crippen LogP contribution is -2.07. The zero-order chi connectivity index (χ0) is 13.1. The predicted molar refractivity (Wildman–Crippen MR) is 71.8 cm³/mol. The molecule has 0 saturated carbocycles. The first-order chi connectivity index (χ1) is 8.61.